The number of quaternary nitrogens is 1. The van der Waals surface area contributed by atoms with Crippen molar-refractivity contribution in [3.8, 4) is 0 Å². The smallest absolute Gasteiger partial charge is 0.200 e. The fourth-order valence-corrected chi connectivity index (χ4v) is 2.83. The molecule has 116 valence electrons. The topological polar surface area (TPSA) is 72.7 Å². The van der Waals surface area contributed by atoms with Crippen LogP contribution in [-0.2, 0) is 4.79 Å². The van der Waals surface area contributed by atoms with Crippen molar-refractivity contribution in [3.05, 3.63) is 0 Å². The molecule has 0 aromatic carbocycles. The molecule has 0 saturated heterocycles. The Morgan fingerprint density at radius 1 is 1.25 bits per heavy atom. The third kappa shape index (κ3) is 5.21. The van der Waals surface area contributed by atoms with Gasteiger partial charge in [-0.25, -0.2) is 4.99 Å². The van der Waals surface area contributed by atoms with Gasteiger partial charge in [-0.2, -0.15) is 0 Å². The quantitative estimate of drug-likeness (QED) is 0.455. The average Bonchev–Trinajstić information content (AvgIpc) is 2.80. The highest BCUT2D eigenvalue weighted by Crippen LogP contribution is 2.19. The molecule has 0 aliphatic carbocycles. The number of aliphatic imine (C=N–C) groups is 1. The normalized spacial score (nSPS) is 22.0. The van der Waals surface area contributed by atoms with Gasteiger partial charge in [-0.15, -0.1) is 0 Å². The van der Waals surface area contributed by atoms with Crippen molar-refractivity contribution >= 4 is 11.8 Å². The Kier molecular flexibility index (Phi) is 7.77. The Morgan fingerprint density at radius 3 is 2.50 bits per heavy atom. The summed E-state index contributed by atoms with van der Waals surface area (Å²) < 4.78 is 0.0815. The van der Waals surface area contributed by atoms with Crippen LogP contribution in [0.4, 0.5) is 0 Å². The molecular weight excluding hydrogens is 256 g/mol. The molecule has 1 atom stereocenters. The summed E-state index contributed by atoms with van der Waals surface area (Å²) in [5.74, 6) is -0.279. The van der Waals surface area contributed by atoms with Crippen molar-refractivity contribution in [2.75, 3.05) is 26.4 Å². The number of carboxylic acids is 1. The lowest BCUT2D eigenvalue weighted by Gasteiger charge is -2.32. The van der Waals surface area contributed by atoms with Crippen molar-refractivity contribution in [1.82, 2.24) is 0 Å². The number of aliphatic hydroxyl groups is 1. The SMILES string of the molecule is CCCCCCCCCC1=NCC[N+]1(CO)CC(=O)[O-]. The first kappa shape index (κ1) is 17.1. The molecule has 1 unspecified atom stereocenters. The number of nitrogens with zero attached hydrogens (tertiary/aromatic N) is 2. The number of unbranched alkanes of at least 4 members (excludes halogenated alkanes) is 6. The van der Waals surface area contributed by atoms with Crippen LogP contribution in [0.5, 0.6) is 0 Å². The number of carboxylic acid groups (broad SMARTS) is 1. The third-order valence-electron chi connectivity index (χ3n) is 4.08. The van der Waals surface area contributed by atoms with E-state index < -0.39 is 5.97 Å². The molecule has 0 radical (unpaired) electrons. The van der Waals surface area contributed by atoms with Gasteiger partial charge in [0.1, 0.15) is 13.1 Å². The van der Waals surface area contributed by atoms with Crippen molar-refractivity contribution in [3.63, 3.8) is 0 Å². The van der Waals surface area contributed by atoms with Gasteiger partial charge in [0.05, 0.1) is 12.5 Å². The van der Waals surface area contributed by atoms with Gasteiger partial charge in [-0.05, 0) is 6.42 Å². The zero-order valence-corrected chi connectivity index (χ0v) is 12.6. The summed E-state index contributed by atoms with van der Waals surface area (Å²) in [5, 5.41) is 20.4. The molecule has 0 spiro atoms. The lowest BCUT2D eigenvalue weighted by Crippen LogP contribution is -2.56. The van der Waals surface area contributed by atoms with Crippen LogP contribution >= 0.6 is 0 Å². The van der Waals surface area contributed by atoms with E-state index >= 15 is 0 Å². The van der Waals surface area contributed by atoms with E-state index in [2.05, 4.69) is 11.9 Å². The molecule has 0 fully saturated rings. The predicted molar refractivity (Wildman–Crippen MR) is 77.0 cm³/mol. The summed E-state index contributed by atoms with van der Waals surface area (Å²) >= 11 is 0. The van der Waals surface area contributed by atoms with Crippen LogP contribution in [0.25, 0.3) is 0 Å². The molecule has 1 rings (SSSR count). The zero-order valence-electron chi connectivity index (χ0n) is 12.6. The number of rotatable bonds is 11. The van der Waals surface area contributed by atoms with Gasteiger partial charge < -0.3 is 15.0 Å². The van der Waals surface area contributed by atoms with Crippen LogP contribution in [-0.4, -0.2) is 47.8 Å². The highest BCUT2D eigenvalue weighted by molar-refractivity contribution is 5.79. The summed E-state index contributed by atoms with van der Waals surface area (Å²) in [6.45, 7) is 3.05. The standard InChI is InChI=1S/C15H28N2O3/c1-2-3-4-5-6-7-8-9-14-16-10-11-17(14,13-18)12-15(19)20/h18H,2-13H2,1H3. The van der Waals surface area contributed by atoms with E-state index in [1.54, 1.807) is 0 Å². The van der Waals surface area contributed by atoms with Gasteiger partial charge in [0, 0.05) is 6.42 Å². The van der Waals surface area contributed by atoms with Crippen LogP contribution in [0, 0.1) is 0 Å². The number of hydrogen-bond acceptors (Lipinski definition) is 4. The minimum Gasteiger partial charge on any atom is -0.544 e. The van der Waals surface area contributed by atoms with E-state index in [9.17, 15) is 15.0 Å². The maximum atomic E-state index is 10.8. The second-order valence-electron chi connectivity index (χ2n) is 5.71. The van der Waals surface area contributed by atoms with E-state index in [-0.39, 0.29) is 17.8 Å². The van der Waals surface area contributed by atoms with Gasteiger partial charge in [-0.1, -0.05) is 45.4 Å². The van der Waals surface area contributed by atoms with Crippen LogP contribution in [0.2, 0.25) is 0 Å². The molecule has 0 aromatic heterocycles. The number of carbonyl (C=O) groups excluding carboxylic acids is 1. The molecule has 0 bridgehead atoms. The Morgan fingerprint density at radius 2 is 1.90 bits per heavy atom. The van der Waals surface area contributed by atoms with Crippen molar-refractivity contribution in [1.29, 1.82) is 0 Å². The van der Waals surface area contributed by atoms with Gasteiger partial charge in [0.15, 0.2) is 6.73 Å². The number of aliphatic hydroxyl groups excluding tert-OH is 1. The molecule has 1 aliphatic rings. The number of carbonyl (C=O) groups is 1. The van der Waals surface area contributed by atoms with Gasteiger partial charge in [0.25, 0.3) is 0 Å². The summed E-state index contributed by atoms with van der Waals surface area (Å²) in [6.07, 6.45) is 9.35. The lowest BCUT2D eigenvalue weighted by molar-refractivity contribution is -0.851. The Labute approximate surface area is 121 Å². The molecule has 5 nitrogen and oxygen atoms in total. The molecule has 0 saturated carbocycles. The van der Waals surface area contributed by atoms with Crippen molar-refractivity contribution < 1.29 is 19.5 Å². The average molecular weight is 284 g/mol. The number of aliphatic carboxylic acids is 1. The first-order valence-corrected chi connectivity index (χ1v) is 7.85. The molecule has 1 heterocycles. The van der Waals surface area contributed by atoms with Gasteiger partial charge in [-0.3, -0.25) is 4.48 Å². The summed E-state index contributed by atoms with van der Waals surface area (Å²) in [4.78, 5) is 15.2. The largest absolute Gasteiger partial charge is 0.544 e. The molecule has 1 aliphatic heterocycles. The zero-order chi connectivity index (χ0) is 14.8. The second kappa shape index (κ2) is 9.08. The van der Waals surface area contributed by atoms with E-state index in [1.165, 1.54) is 32.1 Å². The molecule has 20 heavy (non-hydrogen) atoms. The summed E-state index contributed by atoms with van der Waals surface area (Å²) in [5.41, 5.74) is 0. The summed E-state index contributed by atoms with van der Waals surface area (Å²) in [7, 11) is 0. The van der Waals surface area contributed by atoms with Crippen molar-refractivity contribution in [2.24, 2.45) is 4.99 Å². The molecule has 5 heteroatoms. The molecule has 0 aromatic rings. The number of amidine groups is 1. The maximum Gasteiger partial charge on any atom is 0.200 e. The van der Waals surface area contributed by atoms with Gasteiger partial charge >= 0.3 is 0 Å². The lowest BCUT2D eigenvalue weighted by atomic mass is 10.1. The fraction of sp³-hybridized carbons (Fsp3) is 0.867. The molecule has 1 N–H and O–H groups in total. The van der Waals surface area contributed by atoms with Gasteiger partial charge in [0.2, 0.25) is 5.84 Å². The Bertz CT molecular complexity index is 331. The first-order valence-electron chi connectivity index (χ1n) is 7.85. The van der Waals surface area contributed by atoms with E-state index in [4.69, 9.17) is 0 Å². The van der Waals surface area contributed by atoms with Crippen LogP contribution < -0.4 is 5.11 Å². The fourth-order valence-electron chi connectivity index (χ4n) is 2.83. The van der Waals surface area contributed by atoms with Crippen molar-refractivity contribution in [2.45, 2.75) is 58.3 Å². The van der Waals surface area contributed by atoms with Crippen LogP contribution in [0.1, 0.15) is 58.3 Å². The molecule has 0 amide bonds. The van der Waals surface area contributed by atoms with Crippen LogP contribution in [0.15, 0.2) is 4.99 Å². The minimum atomic E-state index is -1.12. The second-order valence-corrected chi connectivity index (χ2v) is 5.71. The molecular formula is C15H28N2O3. The first-order chi connectivity index (χ1) is 9.64. The Hall–Kier alpha value is -0.940. The highest BCUT2D eigenvalue weighted by Gasteiger charge is 2.37. The maximum absolute atomic E-state index is 10.8. The van der Waals surface area contributed by atoms with E-state index in [0.717, 1.165) is 25.1 Å². The highest BCUT2D eigenvalue weighted by atomic mass is 16.4. The van der Waals surface area contributed by atoms with Crippen LogP contribution in [0.3, 0.4) is 0 Å². The monoisotopic (exact) mass is 284 g/mol. The Balaban J connectivity index is 2.29. The predicted octanol–water partition coefficient (Wildman–Crippen LogP) is 1.06. The summed E-state index contributed by atoms with van der Waals surface area (Å²) in [6, 6.07) is 0. The van der Waals surface area contributed by atoms with E-state index in [1.807, 2.05) is 0 Å². The minimum absolute atomic E-state index is 0.0815. The van der Waals surface area contributed by atoms with E-state index in [0.29, 0.717) is 13.1 Å². The number of hydrogen-bond donors (Lipinski definition) is 1. The third-order valence-corrected chi connectivity index (χ3v) is 4.08.